The van der Waals surface area contributed by atoms with Crippen molar-refractivity contribution in [2.75, 3.05) is 5.32 Å². The second-order valence-corrected chi connectivity index (χ2v) is 4.36. The number of anilines is 1. The van der Waals surface area contributed by atoms with E-state index in [1.54, 1.807) is 18.3 Å². The van der Waals surface area contributed by atoms with Crippen molar-refractivity contribution < 1.29 is 9.59 Å². The summed E-state index contributed by atoms with van der Waals surface area (Å²) >= 11 is 5.82. The zero-order chi connectivity index (χ0) is 14.5. The first-order valence-corrected chi connectivity index (χ1v) is 6.06. The number of halogens is 1. The Hall–Kier alpha value is -2.54. The van der Waals surface area contributed by atoms with Crippen molar-refractivity contribution in [1.29, 1.82) is 0 Å². The standard InChI is InChI=1S/C12H12ClN5O2/c13-10-2-1-7(5-9(10)11(14)19)17-12(20)15-6-8-3-4-16-18-8/h1-5H,6H2,(H2,14,19)(H,16,18)(H2,15,17,20). The molecule has 0 fully saturated rings. The van der Waals surface area contributed by atoms with E-state index in [2.05, 4.69) is 20.8 Å². The molecule has 0 unspecified atom stereocenters. The molecule has 0 spiro atoms. The van der Waals surface area contributed by atoms with Crippen LogP contribution in [0.15, 0.2) is 30.5 Å². The zero-order valence-electron chi connectivity index (χ0n) is 10.3. The van der Waals surface area contributed by atoms with Crippen LogP contribution in [0.4, 0.5) is 10.5 Å². The third-order valence-electron chi connectivity index (χ3n) is 2.49. The Bertz CT molecular complexity index is 627. The molecule has 7 nitrogen and oxygen atoms in total. The number of nitrogens with two attached hydrogens (primary N) is 1. The summed E-state index contributed by atoms with van der Waals surface area (Å²) in [7, 11) is 0. The zero-order valence-corrected chi connectivity index (χ0v) is 11.1. The Morgan fingerprint density at radius 3 is 2.80 bits per heavy atom. The number of urea groups is 1. The highest BCUT2D eigenvalue weighted by molar-refractivity contribution is 6.33. The van der Waals surface area contributed by atoms with E-state index in [-0.39, 0.29) is 10.6 Å². The van der Waals surface area contributed by atoms with Crippen LogP contribution in [0.5, 0.6) is 0 Å². The molecule has 0 saturated carbocycles. The van der Waals surface area contributed by atoms with Gasteiger partial charge in [-0.05, 0) is 24.3 Å². The van der Waals surface area contributed by atoms with Crippen LogP contribution in [0.2, 0.25) is 5.02 Å². The molecule has 0 aliphatic carbocycles. The number of hydrogen-bond acceptors (Lipinski definition) is 3. The maximum atomic E-state index is 11.7. The molecule has 1 aromatic carbocycles. The first-order chi connectivity index (χ1) is 9.56. The van der Waals surface area contributed by atoms with Gasteiger partial charge in [0.1, 0.15) is 0 Å². The Kier molecular flexibility index (Phi) is 4.21. The number of carbonyl (C=O) groups is 2. The number of carbonyl (C=O) groups excluding carboxylic acids is 2. The molecule has 0 radical (unpaired) electrons. The summed E-state index contributed by atoms with van der Waals surface area (Å²) in [6.45, 7) is 0.308. The number of benzene rings is 1. The number of aromatic amines is 1. The maximum Gasteiger partial charge on any atom is 0.319 e. The van der Waals surface area contributed by atoms with Crippen molar-refractivity contribution in [3.8, 4) is 0 Å². The van der Waals surface area contributed by atoms with E-state index in [1.807, 2.05) is 0 Å². The van der Waals surface area contributed by atoms with Gasteiger partial charge in [-0.15, -0.1) is 0 Å². The molecule has 0 saturated heterocycles. The lowest BCUT2D eigenvalue weighted by Gasteiger charge is -2.08. The Labute approximate surface area is 119 Å². The highest BCUT2D eigenvalue weighted by Crippen LogP contribution is 2.20. The lowest BCUT2D eigenvalue weighted by Crippen LogP contribution is -2.28. The van der Waals surface area contributed by atoms with E-state index in [1.165, 1.54) is 12.1 Å². The number of hydrogen-bond donors (Lipinski definition) is 4. The van der Waals surface area contributed by atoms with Crippen molar-refractivity contribution >= 4 is 29.2 Å². The summed E-state index contributed by atoms with van der Waals surface area (Å²) in [6, 6.07) is 5.81. The van der Waals surface area contributed by atoms with Gasteiger partial charge in [0, 0.05) is 11.9 Å². The maximum absolute atomic E-state index is 11.7. The number of rotatable bonds is 4. The molecular weight excluding hydrogens is 282 g/mol. The monoisotopic (exact) mass is 293 g/mol. The normalized spacial score (nSPS) is 10.1. The topological polar surface area (TPSA) is 113 Å². The largest absolute Gasteiger partial charge is 0.366 e. The van der Waals surface area contributed by atoms with Gasteiger partial charge in [-0.2, -0.15) is 5.10 Å². The van der Waals surface area contributed by atoms with E-state index >= 15 is 0 Å². The quantitative estimate of drug-likeness (QED) is 0.684. The molecule has 8 heteroatoms. The van der Waals surface area contributed by atoms with Crippen LogP contribution >= 0.6 is 11.6 Å². The van der Waals surface area contributed by atoms with Crippen LogP contribution in [-0.2, 0) is 6.54 Å². The number of nitrogens with zero attached hydrogens (tertiary/aromatic N) is 1. The summed E-state index contributed by atoms with van der Waals surface area (Å²) in [5.41, 5.74) is 6.52. The van der Waals surface area contributed by atoms with Crippen molar-refractivity contribution in [2.45, 2.75) is 6.54 Å². The number of amides is 3. The molecule has 0 aliphatic heterocycles. The van der Waals surface area contributed by atoms with Gasteiger partial charge in [0.2, 0.25) is 5.91 Å². The molecule has 104 valence electrons. The highest BCUT2D eigenvalue weighted by atomic mass is 35.5. The number of H-pyrrole nitrogens is 1. The van der Waals surface area contributed by atoms with Crippen molar-refractivity contribution in [2.24, 2.45) is 5.73 Å². The van der Waals surface area contributed by atoms with Gasteiger partial charge in [0.15, 0.2) is 0 Å². The van der Waals surface area contributed by atoms with Gasteiger partial charge in [0.05, 0.1) is 22.8 Å². The molecule has 3 amide bonds. The molecule has 0 atom stereocenters. The number of aromatic nitrogens is 2. The van der Waals surface area contributed by atoms with E-state index in [4.69, 9.17) is 17.3 Å². The predicted molar refractivity (Wildman–Crippen MR) is 74.4 cm³/mol. The summed E-state index contributed by atoms with van der Waals surface area (Å²) in [5.74, 6) is -0.656. The van der Waals surface area contributed by atoms with E-state index in [9.17, 15) is 9.59 Å². The number of nitrogens with one attached hydrogen (secondary N) is 3. The highest BCUT2D eigenvalue weighted by Gasteiger charge is 2.09. The summed E-state index contributed by atoms with van der Waals surface area (Å²) in [5, 5.41) is 11.9. The summed E-state index contributed by atoms with van der Waals surface area (Å²) < 4.78 is 0. The van der Waals surface area contributed by atoms with Gasteiger partial charge in [-0.1, -0.05) is 11.6 Å². The van der Waals surface area contributed by atoms with Crippen LogP contribution < -0.4 is 16.4 Å². The van der Waals surface area contributed by atoms with Crippen LogP contribution in [0.3, 0.4) is 0 Å². The summed E-state index contributed by atoms with van der Waals surface area (Å²) in [4.78, 5) is 22.8. The minimum absolute atomic E-state index is 0.151. The average Bonchev–Trinajstić information content (AvgIpc) is 2.91. The van der Waals surface area contributed by atoms with E-state index in [0.717, 1.165) is 5.69 Å². The third kappa shape index (κ3) is 3.48. The first kappa shape index (κ1) is 13.9. The molecule has 1 heterocycles. The minimum Gasteiger partial charge on any atom is -0.366 e. The van der Waals surface area contributed by atoms with Crippen LogP contribution in [0, 0.1) is 0 Å². The molecule has 0 bridgehead atoms. The van der Waals surface area contributed by atoms with Gasteiger partial charge < -0.3 is 16.4 Å². The molecular formula is C12H12ClN5O2. The Morgan fingerprint density at radius 1 is 1.35 bits per heavy atom. The Balaban J connectivity index is 1.97. The SMILES string of the molecule is NC(=O)c1cc(NC(=O)NCc2ccn[nH]2)ccc1Cl. The fraction of sp³-hybridized carbons (Fsp3) is 0.0833. The first-order valence-electron chi connectivity index (χ1n) is 5.68. The van der Waals surface area contributed by atoms with Gasteiger partial charge in [-0.25, -0.2) is 4.79 Å². The molecule has 2 aromatic rings. The van der Waals surface area contributed by atoms with Crippen molar-refractivity contribution in [3.63, 3.8) is 0 Å². The third-order valence-corrected chi connectivity index (χ3v) is 2.82. The predicted octanol–water partition coefficient (Wildman–Crippen LogP) is 1.48. The van der Waals surface area contributed by atoms with Crippen molar-refractivity contribution in [1.82, 2.24) is 15.5 Å². The van der Waals surface area contributed by atoms with Crippen molar-refractivity contribution in [3.05, 3.63) is 46.7 Å². The smallest absolute Gasteiger partial charge is 0.319 e. The molecule has 20 heavy (non-hydrogen) atoms. The molecule has 2 rings (SSSR count). The van der Waals surface area contributed by atoms with Crippen LogP contribution in [0.25, 0.3) is 0 Å². The Morgan fingerprint density at radius 2 is 2.15 bits per heavy atom. The van der Waals surface area contributed by atoms with Gasteiger partial charge in [-0.3, -0.25) is 9.89 Å². The second kappa shape index (κ2) is 6.07. The van der Waals surface area contributed by atoms with E-state index < -0.39 is 11.9 Å². The molecule has 5 N–H and O–H groups in total. The fourth-order valence-corrected chi connectivity index (χ4v) is 1.74. The fourth-order valence-electron chi connectivity index (χ4n) is 1.53. The lowest BCUT2D eigenvalue weighted by molar-refractivity contribution is 0.100. The molecule has 1 aromatic heterocycles. The second-order valence-electron chi connectivity index (χ2n) is 3.95. The number of primary amides is 1. The average molecular weight is 294 g/mol. The minimum atomic E-state index is -0.656. The summed E-state index contributed by atoms with van der Waals surface area (Å²) in [6.07, 6.45) is 1.59. The van der Waals surface area contributed by atoms with E-state index in [0.29, 0.717) is 12.2 Å². The molecule has 0 aliphatic rings. The van der Waals surface area contributed by atoms with Crippen LogP contribution in [-0.4, -0.2) is 22.1 Å². The lowest BCUT2D eigenvalue weighted by atomic mass is 10.2. The van der Waals surface area contributed by atoms with Gasteiger partial charge in [0.25, 0.3) is 0 Å². The van der Waals surface area contributed by atoms with Gasteiger partial charge >= 0.3 is 6.03 Å². The van der Waals surface area contributed by atoms with Crippen LogP contribution in [0.1, 0.15) is 16.1 Å².